The number of sulfonamides is 1. The summed E-state index contributed by atoms with van der Waals surface area (Å²) in [7, 11) is -3.44. The standard InChI is InChI=1S/C14H20BrNO2S2/c1-3-19-13-6-4-5-12(13)16-20(17,18)14-9-11(15)8-7-10(14)2/h7-9,12-13,16H,3-6H2,1-2H3. The first-order valence-electron chi connectivity index (χ1n) is 6.84. The van der Waals surface area contributed by atoms with Crippen LogP contribution in [0.1, 0.15) is 31.7 Å². The van der Waals surface area contributed by atoms with Crippen LogP contribution in [0.4, 0.5) is 0 Å². The highest BCUT2D eigenvalue weighted by Gasteiger charge is 2.31. The summed E-state index contributed by atoms with van der Waals surface area (Å²) in [5, 5.41) is 0.405. The van der Waals surface area contributed by atoms with Gasteiger partial charge in [0.15, 0.2) is 0 Å². The van der Waals surface area contributed by atoms with E-state index in [0.29, 0.717) is 10.1 Å². The maximum Gasteiger partial charge on any atom is 0.241 e. The summed E-state index contributed by atoms with van der Waals surface area (Å²) >= 11 is 5.20. The molecule has 6 heteroatoms. The average molecular weight is 378 g/mol. The third-order valence-corrected chi connectivity index (χ3v) is 7.03. The van der Waals surface area contributed by atoms with Crippen LogP contribution in [0.5, 0.6) is 0 Å². The molecule has 1 fully saturated rings. The number of halogens is 1. The highest BCUT2D eigenvalue weighted by molar-refractivity contribution is 9.10. The van der Waals surface area contributed by atoms with Crippen molar-refractivity contribution in [1.29, 1.82) is 0 Å². The molecule has 1 saturated carbocycles. The van der Waals surface area contributed by atoms with Gasteiger partial charge in [-0.1, -0.05) is 35.3 Å². The van der Waals surface area contributed by atoms with Crippen LogP contribution in [0.3, 0.4) is 0 Å². The Balaban J connectivity index is 2.20. The summed E-state index contributed by atoms with van der Waals surface area (Å²) in [6.45, 7) is 3.95. The summed E-state index contributed by atoms with van der Waals surface area (Å²) in [6.07, 6.45) is 3.13. The molecule has 1 aromatic rings. The lowest BCUT2D eigenvalue weighted by molar-refractivity contribution is 0.554. The number of rotatable bonds is 5. The molecule has 0 aromatic heterocycles. The Morgan fingerprint density at radius 3 is 2.85 bits per heavy atom. The predicted octanol–water partition coefficient (Wildman–Crippen LogP) is 3.71. The lowest BCUT2D eigenvalue weighted by Crippen LogP contribution is -2.39. The van der Waals surface area contributed by atoms with Crippen LogP contribution in [-0.2, 0) is 10.0 Å². The molecule has 2 rings (SSSR count). The predicted molar refractivity (Wildman–Crippen MR) is 88.8 cm³/mol. The number of thioether (sulfide) groups is 1. The molecule has 3 nitrogen and oxygen atoms in total. The van der Waals surface area contributed by atoms with E-state index in [-0.39, 0.29) is 6.04 Å². The Bertz CT molecular complexity index is 575. The monoisotopic (exact) mass is 377 g/mol. The highest BCUT2D eigenvalue weighted by atomic mass is 79.9. The van der Waals surface area contributed by atoms with Gasteiger partial charge >= 0.3 is 0 Å². The van der Waals surface area contributed by atoms with Gasteiger partial charge in [0, 0.05) is 15.8 Å². The Hall–Kier alpha value is -0.0400. The Morgan fingerprint density at radius 2 is 2.15 bits per heavy atom. The zero-order chi connectivity index (χ0) is 14.8. The molecule has 0 bridgehead atoms. The van der Waals surface area contributed by atoms with Crippen molar-refractivity contribution >= 4 is 37.7 Å². The molecule has 0 spiro atoms. The van der Waals surface area contributed by atoms with Crippen molar-refractivity contribution in [1.82, 2.24) is 4.72 Å². The van der Waals surface area contributed by atoms with E-state index in [9.17, 15) is 8.42 Å². The second-order valence-corrected chi connectivity index (χ2v) is 9.18. The molecule has 1 aliphatic rings. The Morgan fingerprint density at radius 1 is 1.40 bits per heavy atom. The Kier molecular flexibility index (Phi) is 5.56. The van der Waals surface area contributed by atoms with Gasteiger partial charge in [0.2, 0.25) is 10.0 Å². The largest absolute Gasteiger partial charge is 0.241 e. The summed E-state index contributed by atoms with van der Waals surface area (Å²) in [5.74, 6) is 1.03. The summed E-state index contributed by atoms with van der Waals surface area (Å²) in [6, 6.07) is 5.42. The van der Waals surface area contributed by atoms with E-state index in [1.54, 1.807) is 6.07 Å². The molecule has 2 unspecified atom stereocenters. The van der Waals surface area contributed by atoms with Crippen molar-refractivity contribution in [3.63, 3.8) is 0 Å². The number of nitrogens with one attached hydrogen (secondary N) is 1. The average Bonchev–Trinajstić information content (AvgIpc) is 2.79. The molecule has 0 heterocycles. The summed E-state index contributed by atoms with van der Waals surface area (Å²) in [5.41, 5.74) is 0.776. The van der Waals surface area contributed by atoms with Gasteiger partial charge in [-0.25, -0.2) is 13.1 Å². The molecule has 1 N–H and O–H groups in total. The fourth-order valence-electron chi connectivity index (χ4n) is 2.60. The zero-order valence-corrected chi connectivity index (χ0v) is 14.9. The van der Waals surface area contributed by atoms with Crippen LogP contribution in [0.15, 0.2) is 27.6 Å². The molecule has 0 saturated heterocycles. The topological polar surface area (TPSA) is 46.2 Å². The number of hydrogen-bond acceptors (Lipinski definition) is 3. The van der Waals surface area contributed by atoms with Gasteiger partial charge in [0.25, 0.3) is 0 Å². The van der Waals surface area contributed by atoms with Crippen molar-refractivity contribution in [2.45, 2.75) is 49.3 Å². The minimum Gasteiger partial charge on any atom is -0.207 e. The van der Waals surface area contributed by atoms with Crippen molar-refractivity contribution < 1.29 is 8.42 Å². The molecule has 2 atom stereocenters. The zero-order valence-electron chi connectivity index (χ0n) is 11.7. The van der Waals surface area contributed by atoms with Gasteiger partial charge in [-0.15, -0.1) is 0 Å². The van der Waals surface area contributed by atoms with Crippen molar-refractivity contribution in [3.8, 4) is 0 Å². The Labute approximate surface area is 134 Å². The van der Waals surface area contributed by atoms with Crippen LogP contribution in [-0.4, -0.2) is 25.5 Å². The van der Waals surface area contributed by atoms with Crippen LogP contribution in [0.25, 0.3) is 0 Å². The van der Waals surface area contributed by atoms with E-state index < -0.39 is 10.0 Å². The fraction of sp³-hybridized carbons (Fsp3) is 0.571. The smallest absolute Gasteiger partial charge is 0.207 e. The molecule has 1 aromatic carbocycles. The first-order valence-corrected chi connectivity index (χ1v) is 10.2. The van der Waals surface area contributed by atoms with Crippen molar-refractivity contribution in [3.05, 3.63) is 28.2 Å². The minimum absolute atomic E-state index is 0.0586. The maximum absolute atomic E-state index is 12.6. The van der Waals surface area contributed by atoms with E-state index >= 15 is 0 Å². The third kappa shape index (κ3) is 3.78. The van der Waals surface area contributed by atoms with E-state index in [2.05, 4.69) is 27.6 Å². The maximum atomic E-state index is 12.6. The number of hydrogen-bond donors (Lipinski definition) is 1. The lowest BCUT2D eigenvalue weighted by atomic mass is 10.2. The number of benzene rings is 1. The van der Waals surface area contributed by atoms with Gasteiger partial charge in [0.05, 0.1) is 4.90 Å². The molecule has 0 aliphatic heterocycles. The van der Waals surface area contributed by atoms with Gasteiger partial charge < -0.3 is 0 Å². The second kappa shape index (κ2) is 6.81. The van der Waals surface area contributed by atoms with E-state index in [1.807, 2.05) is 30.8 Å². The molecule has 112 valence electrons. The molecule has 1 aliphatic carbocycles. The first-order chi connectivity index (χ1) is 9.44. The molecule has 0 radical (unpaired) electrons. The normalized spacial score (nSPS) is 23.1. The van der Waals surface area contributed by atoms with Crippen LogP contribution < -0.4 is 4.72 Å². The molecule has 20 heavy (non-hydrogen) atoms. The third-order valence-electron chi connectivity index (χ3n) is 3.58. The van der Waals surface area contributed by atoms with E-state index in [0.717, 1.165) is 35.1 Å². The SMILES string of the molecule is CCSC1CCCC1NS(=O)(=O)c1cc(Br)ccc1C. The minimum atomic E-state index is -3.44. The first kappa shape index (κ1) is 16.3. The van der Waals surface area contributed by atoms with E-state index in [1.165, 1.54) is 0 Å². The van der Waals surface area contributed by atoms with Gasteiger partial charge in [-0.3, -0.25) is 0 Å². The van der Waals surface area contributed by atoms with Crippen LogP contribution >= 0.6 is 27.7 Å². The second-order valence-electron chi connectivity index (χ2n) is 5.06. The quantitative estimate of drug-likeness (QED) is 0.850. The van der Waals surface area contributed by atoms with Crippen molar-refractivity contribution in [2.75, 3.05) is 5.75 Å². The fourth-order valence-corrected chi connectivity index (χ4v) is 5.98. The van der Waals surface area contributed by atoms with Crippen LogP contribution in [0, 0.1) is 6.92 Å². The van der Waals surface area contributed by atoms with Crippen LogP contribution in [0.2, 0.25) is 0 Å². The molecular formula is C14H20BrNO2S2. The van der Waals surface area contributed by atoms with Gasteiger partial charge in [0.1, 0.15) is 0 Å². The van der Waals surface area contributed by atoms with Gasteiger partial charge in [-0.2, -0.15) is 11.8 Å². The summed E-state index contributed by atoms with van der Waals surface area (Å²) < 4.78 is 28.8. The summed E-state index contributed by atoms with van der Waals surface area (Å²) in [4.78, 5) is 0.374. The highest BCUT2D eigenvalue weighted by Crippen LogP contribution is 2.31. The molecular weight excluding hydrogens is 358 g/mol. The lowest BCUT2D eigenvalue weighted by Gasteiger charge is -2.20. The van der Waals surface area contributed by atoms with Crippen molar-refractivity contribution in [2.24, 2.45) is 0 Å². The van der Waals surface area contributed by atoms with E-state index in [4.69, 9.17) is 0 Å². The number of aryl methyl sites for hydroxylation is 1. The van der Waals surface area contributed by atoms with Gasteiger partial charge in [-0.05, 0) is 43.2 Å². The molecule has 0 amide bonds.